The van der Waals surface area contributed by atoms with Gasteiger partial charge in [-0.1, -0.05) is 0 Å². The van der Waals surface area contributed by atoms with Gasteiger partial charge in [-0.05, 0) is 20.0 Å². The van der Waals surface area contributed by atoms with Crippen molar-refractivity contribution in [3.63, 3.8) is 0 Å². The Bertz CT molecular complexity index is 200. The normalized spacial score (nSPS) is 33.3. The molecular formula is C11H19CrNO2-. The molecule has 1 unspecified atom stereocenters. The molecule has 0 saturated carbocycles. The molecule has 2 aliphatic heterocycles. The second kappa shape index (κ2) is 6.06. The van der Waals surface area contributed by atoms with Crippen LogP contribution in [0.15, 0.2) is 0 Å². The molecule has 2 fully saturated rings. The van der Waals surface area contributed by atoms with E-state index in [0.717, 1.165) is 38.6 Å². The van der Waals surface area contributed by atoms with Gasteiger partial charge in [-0.2, -0.15) is 13.0 Å². The van der Waals surface area contributed by atoms with Gasteiger partial charge in [-0.3, -0.25) is 0 Å². The van der Waals surface area contributed by atoms with Crippen LogP contribution in [0.1, 0.15) is 26.2 Å². The van der Waals surface area contributed by atoms with Crippen molar-refractivity contribution >= 4 is 0 Å². The van der Waals surface area contributed by atoms with Gasteiger partial charge in [0.15, 0.2) is 5.79 Å². The fraction of sp³-hybridized carbons (Fsp3) is 0.818. The molecule has 0 bridgehead atoms. The molecule has 0 aromatic carbocycles. The zero-order valence-corrected chi connectivity index (χ0v) is 10.8. The number of rotatable bonds is 0. The maximum absolute atomic E-state index is 5.84. The summed E-state index contributed by atoms with van der Waals surface area (Å²) in [5.41, 5.74) is 0. The van der Waals surface area contributed by atoms with Crippen molar-refractivity contribution in [1.82, 2.24) is 4.90 Å². The van der Waals surface area contributed by atoms with Crippen LogP contribution in [0.2, 0.25) is 0 Å². The summed E-state index contributed by atoms with van der Waals surface area (Å²) >= 11 is 2.12. The average Bonchev–Trinajstić information content (AvgIpc) is 2.20. The number of hydrogen-bond donors (Lipinski definition) is 0. The van der Waals surface area contributed by atoms with Crippen LogP contribution in [0.4, 0.5) is 0 Å². The Morgan fingerprint density at radius 3 is 2.80 bits per heavy atom. The minimum atomic E-state index is -0.310. The number of piperidine rings is 1. The zero-order chi connectivity index (χ0) is 11.3. The summed E-state index contributed by atoms with van der Waals surface area (Å²) in [6.45, 7) is 4.94. The average molecular weight is 249 g/mol. The van der Waals surface area contributed by atoms with E-state index in [9.17, 15) is 0 Å². The van der Waals surface area contributed by atoms with Crippen molar-refractivity contribution < 1.29 is 25.1 Å². The summed E-state index contributed by atoms with van der Waals surface area (Å²) in [6.07, 6.45) is 4.28. The molecular weight excluding hydrogens is 230 g/mol. The molecule has 0 radical (unpaired) electrons. The van der Waals surface area contributed by atoms with Crippen LogP contribution < -0.4 is 0 Å². The van der Waals surface area contributed by atoms with Crippen LogP contribution in [0.3, 0.4) is 0 Å². The summed E-state index contributed by atoms with van der Waals surface area (Å²) < 4.78 is 11.6. The first-order valence-corrected chi connectivity index (χ1v) is 6.01. The number of ether oxygens (including phenoxy) is 2. The van der Waals surface area contributed by atoms with Gasteiger partial charge in [-0.25, -0.2) is 0 Å². The Labute approximate surface area is 100 Å². The summed E-state index contributed by atoms with van der Waals surface area (Å²) in [7, 11) is 2.12. The fourth-order valence-electron chi connectivity index (χ4n) is 2.17. The quantitative estimate of drug-likeness (QED) is 0.608. The molecule has 1 atom stereocenters. The Balaban J connectivity index is 0.000000531. The van der Waals surface area contributed by atoms with E-state index in [1.165, 1.54) is 6.42 Å². The molecule has 2 rings (SSSR count). The number of likely N-dealkylation sites (N-methyl/N-ethyl adjacent to an activating group) is 1. The molecule has 2 aliphatic rings. The van der Waals surface area contributed by atoms with Crippen LogP contribution in [-0.4, -0.2) is 37.4 Å². The minimum absolute atomic E-state index is 0.310. The van der Waals surface area contributed by atoms with E-state index in [2.05, 4.69) is 39.7 Å². The molecule has 0 aromatic heterocycles. The molecule has 0 aliphatic carbocycles. The number of likely N-dealkylation sites (tertiary alicyclic amines) is 1. The van der Waals surface area contributed by atoms with Crippen molar-refractivity contribution in [1.29, 1.82) is 0 Å². The Morgan fingerprint density at radius 1 is 1.47 bits per heavy atom. The molecule has 0 aromatic rings. The summed E-state index contributed by atoms with van der Waals surface area (Å²) in [4.78, 5) is 2.28. The van der Waals surface area contributed by atoms with Crippen LogP contribution in [0, 0.1) is 11.3 Å². The molecule has 1 spiro atoms. The Hall–Kier alpha value is 0.192. The van der Waals surface area contributed by atoms with E-state index >= 15 is 0 Å². The third kappa shape index (κ3) is 3.60. The van der Waals surface area contributed by atoms with Crippen molar-refractivity contribution in [2.45, 2.75) is 32.0 Å². The van der Waals surface area contributed by atoms with Crippen LogP contribution in [-0.2, 0) is 25.1 Å². The van der Waals surface area contributed by atoms with Crippen molar-refractivity contribution in [2.24, 2.45) is 0 Å². The molecule has 0 amide bonds. The molecule has 87 valence electrons. The van der Waals surface area contributed by atoms with E-state index < -0.39 is 0 Å². The summed E-state index contributed by atoms with van der Waals surface area (Å²) in [6, 6.07) is 0. The van der Waals surface area contributed by atoms with Crippen molar-refractivity contribution in [3.05, 3.63) is 6.10 Å². The standard InChI is InChI=1S/C10H18NO2.CH.Cr/c1-9-4-7-12-10(13-9)5-3-6-11(2)8-10;;/h3-8H2,1-2H3;1H;/q-1;;. The molecule has 15 heavy (non-hydrogen) atoms. The van der Waals surface area contributed by atoms with E-state index in [0.29, 0.717) is 0 Å². The monoisotopic (exact) mass is 249 g/mol. The molecule has 3 nitrogen and oxygen atoms in total. The van der Waals surface area contributed by atoms with E-state index in [1.54, 1.807) is 0 Å². The summed E-state index contributed by atoms with van der Waals surface area (Å²) in [5.74, 6) is -0.310. The predicted octanol–water partition coefficient (Wildman–Crippen LogP) is 1.52. The zero-order valence-electron chi connectivity index (χ0n) is 9.49. The van der Waals surface area contributed by atoms with Crippen LogP contribution >= 0.6 is 0 Å². The van der Waals surface area contributed by atoms with Crippen LogP contribution in [0.5, 0.6) is 0 Å². The van der Waals surface area contributed by atoms with Gasteiger partial charge in [0.2, 0.25) is 0 Å². The van der Waals surface area contributed by atoms with Gasteiger partial charge < -0.3 is 14.4 Å². The van der Waals surface area contributed by atoms with E-state index in [4.69, 9.17) is 9.47 Å². The molecule has 4 heteroatoms. The topological polar surface area (TPSA) is 21.7 Å². The third-order valence-electron chi connectivity index (χ3n) is 2.79. The predicted molar refractivity (Wildman–Crippen MR) is 55.0 cm³/mol. The van der Waals surface area contributed by atoms with Crippen molar-refractivity contribution in [3.8, 4) is 5.19 Å². The SMILES string of the molecule is C[C-]1CCOC2(CCCN(C)C2)O1.[CH]#[Cr]. The third-order valence-corrected chi connectivity index (χ3v) is 2.79. The first-order valence-electron chi connectivity index (χ1n) is 5.28. The van der Waals surface area contributed by atoms with Gasteiger partial charge in [0.25, 0.3) is 0 Å². The second-order valence-electron chi connectivity index (χ2n) is 4.15. The van der Waals surface area contributed by atoms with Crippen molar-refractivity contribution in [2.75, 3.05) is 26.7 Å². The van der Waals surface area contributed by atoms with Gasteiger partial charge >= 0.3 is 20.9 Å². The first kappa shape index (κ1) is 13.3. The van der Waals surface area contributed by atoms with Gasteiger partial charge in [0, 0.05) is 19.6 Å². The number of hydrogen-bond acceptors (Lipinski definition) is 3. The van der Waals surface area contributed by atoms with Gasteiger partial charge in [0.1, 0.15) is 0 Å². The Kier molecular flexibility index (Phi) is 5.35. The van der Waals surface area contributed by atoms with Gasteiger partial charge in [0.05, 0.1) is 0 Å². The number of nitrogens with zero attached hydrogens (tertiary/aromatic N) is 1. The molecule has 0 N–H and O–H groups in total. The van der Waals surface area contributed by atoms with Crippen LogP contribution in [0.25, 0.3) is 0 Å². The second-order valence-corrected chi connectivity index (χ2v) is 4.15. The maximum atomic E-state index is 5.84. The summed E-state index contributed by atoms with van der Waals surface area (Å²) in [5, 5.41) is 4.38. The van der Waals surface area contributed by atoms with E-state index in [1.807, 2.05) is 0 Å². The Morgan fingerprint density at radius 2 is 2.20 bits per heavy atom. The fourth-order valence-corrected chi connectivity index (χ4v) is 2.17. The molecule has 2 saturated heterocycles. The molecule has 2 heterocycles. The van der Waals surface area contributed by atoms with Gasteiger partial charge in [-0.15, -0.1) is 6.42 Å². The van der Waals surface area contributed by atoms with E-state index in [-0.39, 0.29) is 5.79 Å². The first-order chi connectivity index (χ1) is 7.20.